The number of sulfonamides is 1. The Morgan fingerprint density at radius 1 is 1.21 bits per heavy atom. The molecule has 1 unspecified atom stereocenters. The van der Waals surface area contributed by atoms with Crippen molar-refractivity contribution in [2.24, 2.45) is 0 Å². The summed E-state index contributed by atoms with van der Waals surface area (Å²) >= 11 is 0. The summed E-state index contributed by atoms with van der Waals surface area (Å²) in [4.78, 5) is 4.68. The van der Waals surface area contributed by atoms with Gasteiger partial charge in [-0.15, -0.1) is 0 Å². The molecule has 1 aliphatic heterocycles. The standard InChI is InChI=1S/C16H19N3O4S/c1-22-12-6-8-13(9-7-12)24(20,21)19-10-2-3-14(19)16-17-15(18-23-16)11-4-5-11/h6-9,11,14H,2-5,10H2,1H3. The predicted molar refractivity (Wildman–Crippen MR) is 85.1 cm³/mol. The van der Waals surface area contributed by atoms with Gasteiger partial charge in [0, 0.05) is 12.5 Å². The van der Waals surface area contributed by atoms with Gasteiger partial charge in [-0.2, -0.15) is 9.29 Å². The lowest BCUT2D eigenvalue weighted by atomic mass is 10.2. The molecule has 24 heavy (non-hydrogen) atoms. The van der Waals surface area contributed by atoms with Crippen LogP contribution >= 0.6 is 0 Å². The second kappa shape index (κ2) is 5.86. The smallest absolute Gasteiger partial charge is 0.245 e. The highest BCUT2D eigenvalue weighted by Crippen LogP contribution is 2.40. The largest absolute Gasteiger partial charge is 0.497 e. The molecular formula is C16H19N3O4S. The highest BCUT2D eigenvalue weighted by Gasteiger charge is 2.40. The van der Waals surface area contributed by atoms with E-state index in [1.54, 1.807) is 31.4 Å². The average molecular weight is 349 g/mol. The molecule has 128 valence electrons. The van der Waals surface area contributed by atoms with Crippen molar-refractivity contribution in [1.82, 2.24) is 14.4 Å². The first-order valence-corrected chi connectivity index (χ1v) is 9.53. The number of rotatable bonds is 5. The first-order valence-electron chi connectivity index (χ1n) is 8.09. The van der Waals surface area contributed by atoms with E-state index in [1.807, 2.05) is 0 Å². The molecule has 0 spiro atoms. The van der Waals surface area contributed by atoms with Crippen LogP contribution in [0.15, 0.2) is 33.7 Å². The van der Waals surface area contributed by atoms with Crippen molar-refractivity contribution in [3.05, 3.63) is 36.0 Å². The van der Waals surface area contributed by atoms with Crippen LogP contribution in [0.3, 0.4) is 0 Å². The van der Waals surface area contributed by atoms with Crippen molar-refractivity contribution in [3.63, 3.8) is 0 Å². The summed E-state index contributed by atoms with van der Waals surface area (Å²) < 4.78 is 37.9. The predicted octanol–water partition coefficient (Wildman–Crippen LogP) is 2.48. The van der Waals surface area contributed by atoms with Crippen LogP contribution in [0.5, 0.6) is 5.75 Å². The molecule has 2 aromatic rings. The summed E-state index contributed by atoms with van der Waals surface area (Å²) in [7, 11) is -2.06. The number of benzene rings is 1. The number of ether oxygens (including phenoxy) is 1. The van der Waals surface area contributed by atoms with Gasteiger partial charge in [0.05, 0.1) is 12.0 Å². The summed E-state index contributed by atoms with van der Waals surface area (Å²) in [6.45, 7) is 0.459. The van der Waals surface area contributed by atoms with E-state index >= 15 is 0 Å². The molecule has 2 aliphatic rings. The van der Waals surface area contributed by atoms with Gasteiger partial charge in [0.15, 0.2) is 5.82 Å². The summed E-state index contributed by atoms with van der Waals surface area (Å²) in [5.74, 6) is 2.12. The van der Waals surface area contributed by atoms with E-state index in [9.17, 15) is 8.42 Å². The maximum Gasteiger partial charge on any atom is 0.245 e. The van der Waals surface area contributed by atoms with Gasteiger partial charge in [0.2, 0.25) is 15.9 Å². The molecule has 1 saturated heterocycles. The van der Waals surface area contributed by atoms with Crippen molar-refractivity contribution >= 4 is 10.0 Å². The van der Waals surface area contributed by atoms with Gasteiger partial charge in [-0.05, 0) is 49.9 Å². The minimum atomic E-state index is -3.61. The van der Waals surface area contributed by atoms with Gasteiger partial charge < -0.3 is 9.26 Å². The number of methoxy groups -OCH3 is 1. The summed E-state index contributed by atoms with van der Waals surface area (Å²) in [6, 6.07) is 6.04. The number of hydrogen-bond donors (Lipinski definition) is 0. The Morgan fingerprint density at radius 2 is 1.96 bits per heavy atom. The lowest BCUT2D eigenvalue weighted by Gasteiger charge is -2.21. The van der Waals surface area contributed by atoms with Crippen molar-refractivity contribution in [2.75, 3.05) is 13.7 Å². The lowest BCUT2D eigenvalue weighted by Crippen LogP contribution is -2.30. The highest BCUT2D eigenvalue weighted by molar-refractivity contribution is 7.89. The van der Waals surface area contributed by atoms with Crippen molar-refractivity contribution in [2.45, 2.75) is 42.5 Å². The number of nitrogens with zero attached hydrogens (tertiary/aromatic N) is 3. The highest BCUT2D eigenvalue weighted by atomic mass is 32.2. The van der Waals surface area contributed by atoms with E-state index in [4.69, 9.17) is 9.26 Å². The van der Waals surface area contributed by atoms with Gasteiger partial charge in [-0.3, -0.25) is 0 Å². The topological polar surface area (TPSA) is 85.5 Å². The maximum atomic E-state index is 13.0. The molecule has 1 aromatic heterocycles. The Balaban J connectivity index is 1.62. The van der Waals surface area contributed by atoms with Gasteiger partial charge in [0.25, 0.3) is 0 Å². The summed E-state index contributed by atoms with van der Waals surface area (Å²) in [5.41, 5.74) is 0. The SMILES string of the molecule is COc1ccc(S(=O)(=O)N2CCCC2c2nc(C3CC3)no2)cc1. The fraction of sp³-hybridized carbons (Fsp3) is 0.500. The molecule has 2 fully saturated rings. The molecule has 0 N–H and O–H groups in total. The Labute approximate surface area is 140 Å². The van der Waals surface area contributed by atoms with E-state index in [-0.39, 0.29) is 10.9 Å². The Morgan fingerprint density at radius 3 is 2.62 bits per heavy atom. The van der Waals surface area contributed by atoms with Crippen molar-refractivity contribution < 1.29 is 17.7 Å². The quantitative estimate of drug-likeness (QED) is 0.824. The zero-order valence-corrected chi connectivity index (χ0v) is 14.2. The van der Waals surface area contributed by atoms with Crippen LogP contribution < -0.4 is 4.74 Å². The monoisotopic (exact) mass is 349 g/mol. The molecule has 2 heterocycles. The van der Waals surface area contributed by atoms with Crippen LogP contribution in [0.2, 0.25) is 0 Å². The summed E-state index contributed by atoms with van der Waals surface area (Å²) in [5, 5.41) is 4.01. The van der Waals surface area contributed by atoms with Gasteiger partial charge in [0.1, 0.15) is 11.8 Å². The fourth-order valence-corrected chi connectivity index (χ4v) is 4.70. The molecule has 7 nitrogen and oxygen atoms in total. The van der Waals surface area contributed by atoms with E-state index in [1.165, 1.54) is 4.31 Å². The van der Waals surface area contributed by atoms with E-state index in [0.29, 0.717) is 36.3 Å². The average Bonchev–Trinajstić information content (AvgIpc) is 3.13. The number of hydrogen-bond acceptors (Lipinski definition) is 6. The zero-order chi connectivity index (χ0) is 16.7. The third-order valence-corrected chi connectivity index (χ3v) is 6.48. The zero-order valence-electron chi connectivity index (χ0n) is 13.4. The minimum absolute atomic E-state index is 0.247. The maximum absolute atomic E-state index is 13.0. The Kier molecular flexibility index (Phi) is 3.80. The first-order chi connectivity index (χ1) is 11.6. The minimum Gasteiger partial charge on any atom is -0.497 e. The van der Waals surface area contributed by atoms with Crippen LogP contribution in [0.1, 0.15) is 49.4 Å². The van der Waals surface area contributed by atoms with E-state index in [0.717, 1.165) is 19.3 Å². The fourth-order valence-electron chi connectivity index (χ4n) is 3.05. The van der Waals surface area contributed by atoms with Gasteiger partial charge in [-0.1, -0.05) is 5.16 Å². The molecular weight excluding hydrogens is 330 g/mol. The lowest BCUT2D eigenvalue weighted by molar-refractivity contribution is 0.289. The second-order valence-corrected chi connectivity index (χ2v) is 8.10. The molecule has 0 bridgehead atoms. The first kappa shape index (κ1) is 15.6. The van der Waals surface area contributed by atoms with E-state index < -0.39 is 10.0 Å². The molecule has 1 aliphatic carbocycles. The molecule has 8 heteroatoms. The normalized spacial score (nSPS) is 22.0. The third-order valence-electron chi connectivity index (χ3n) is 4.55. The number of aromatic nitrogens is 2. The van der Waals surface area contributed by atoms with Gasteiger partial charge >= 0.3 is 0 Å². The molecule has 1 atom stereocenters. The van der Waals surface area contributed by atoms with Crippen molar-refractivity contribution in [1.29, 1.82) is 0 Å². The van der Waals surface area contributed by atoms with Gasteiger partial charge in [-0.25, -0.2) is 8.42 Å². The van der Waals surface area contributed by atoms with Crippen LogP contribution in [0.25, 0.3) is 0 Å². The molecule has 1 aromatic carbocycles. The second-order valence-electron chi connectivity index (χ2n) is 6.21. The molecule has 0 radical (unpaired) electrons. The van der Waals surface area contributed by atoms with Crippen LogP contribution in [-0.4, -0.2) is 36.5 Å². The van der Waals surface area contributed by atoms with Crippen LogP contribution in [0, 0.1) is 0 Å². The van der Waals surface area contributed by atoms with Crippen LogP contribution in [-0.2, 0) is 10.0 Å². The molecule has 0 amide bonds. The third kappa shape index (κ3) is 2.69. The van der Waals surface area contributed by atoms with Crippen molar-refractivity contribution in [3.8, 4) is 5.75 Å². The summed E-state index contributed by atoms with van der Waals surface area (Å²) in [6.07, 6.45) is 3.64. The van der Waals surface area contributed by atoms with Crippen LogP contribution in [0.4, 0.5) is 0 Å². The molecule has 1 saturated carbocycles. The Bertz CT molecular complexity index is 827. The van der Waals surface area contributed by atoms with E-state index in [2.05, 4.69) is 10.1 Å². The molecule has 4 rings (SSSR count). The Hall–Kier alpha value is -1.93.